The second-order valence-electron chi connectivity index (χ2n) is 4.66. The van der Waals surface area contributed by atoms with Crippen LogP contribution in [0.1, 0.15) is 32.6 Å². The van der Waals surface area contributed by atoms with E-state index in [1.165, 1.54) is 0 Å². The van der Waals surface area contributed by atoms with Crippen LogP contribution >= 0.6 is 0 Å². The number of aromatic nitrogens is 3. The fraction of sp³-hybridized carbons (Fsp3) is 0.750. The van der Waals surface area contributed by atoms with E-state index in [-0.39, 0.29) is 12.0 Å². The molecule has 2 atom stereocenters. The summed E-state index contributed by atoms with van der Waals surface area (Å²) in [4.78, 5) is 12.2. The Labute approximate surface area is 112 Å². The van der Waals surface area contributed by atoms with Crippen LogP contribution in [0.25, 0.3) is 0 Å². The lowest BCUT2D eigenvalue weighted by Gasteiger charge is -2.13. The molecule has 19 heavy (non-hydrogen) atoms. The standard InChI is InChI=1S/C12H21N5O2/c1-3-6-19-12-16-10(13)15-11(17-12)14-8-4-5-9(7-8)18-2/h8-9H,3-7H2,1-2H3,(H3,13,14,15,16,17). The van der Waals surface area contributed by atoms with Gasteiger partial charge in [-0.15, -0.1) is 0 Å². The second kappa shape index (κ2) is 6.51. The van der Waals surface area contributed by atoms with Gasteiger partial charge in [0.25, 0.3) is 0 Å². The van der Waals surface area contributed by atoms with Gasteiger partial charge >= 0.3 is 6.01 Å². The van der Waals surface area contributed by atoms with E-state index >= 15 is 0 Å². The normalized spacial score (nSPS) is 22.4. The van der Waals surface area contributed by atoms with Gasteiger partial charge in [0, 0.05) is 13.2 Å². The van der Waals surface area contributed by atoms with Gasteiger partial charge in [-0.2, -0.15) is 15.0 Å². The predicted octanol–water partition coefficient (Wildman–Crippen LogP) is 1.22. The molecule has 1 aromatic heterocycles. The molecule has 7 nitrogen and oxygen atoms in total. The van der Waals surface area contributed by atoms with Crippen LogP contribution < -0.4 is 15.8 Å². The van der Waals surface area contributed by atoms with Crippen LogP contribution in [0.5, 0.6) is 6.01 Å². The van der Waals surface area contributed by atoms with Crippen molar-refractivity contribution >= 4 is 11.9 Å². The van der Waals surface area contributed by atoms with Gasteiger partial charge in [0.15, 0.2) is 0 Å². The van der Waals surface area contributed by atoms with Gasteiger partial charge in [-0.1, -0.05) is 6.92 Å². The minimum absolute atomic E-state index is 0.171. The van der Waals surface area contributed by atoms with E-state index in [1.807, 2.05) is 6.92 Å². The molecule has 106 valence electrons. The van der Waals surface area contributed by atoms with Gasteiger partial charge in [-0.3, -0.25) is 0 Å². The van der Waals surface area contributed by atoms with Crippen molar-refractivity contribution in [3.05, 3.63) is 0 Å². The summed E-state index contributed by atoms with van der Waals surface area (Å²) in [6.07, 6.45) is 4.25. The molecule has 3 N–H and O–H groups in total. The number of hydrogen-bond donors (Lipinski definition) is 2. The zero-order valence-corrected chi connectivity index (χ0v) is 11.4. The monoisotopic (exact) mass is 267 g/mol. The molecule has 0 bridgehead atoms. The number of nitrogens with zero attached hydrogens (tertiary/aromatic N) is 3. The van der Waals surface area contributed by atoms with Crippen molar-refractivity contribution in [3.8, 4) is 6.01 Å². The number of nitrogens with two attached hydrogens (primary N) is 1. The highest BCUT2D eigenvalue weighted by Gasteiger charge is 2.25. The van der Waals surface area contributed by atoms with Crippen LogP contribution in [0.15, 0.2) is 0 Å². The van der Waals surface area contributed by atoms with Crippen LogP contribution in [0.2, 0.25) is 0 Å². The van der Waals surface area contributed by atoms with Crippen molar-refractivity contribution in [3.63, 3.8) is 0 Å². The number of nitrogens with one attached hydrogen (secondary N) is 1. The molecule has 0 radical (unpaired) electrons. The molecule has 0 spiro atoms. The number of ether oxygens (including phenoxy) is 2. The number of anilines is 2. The minimum Gasteiger partial charge on any atom is -0.463 e. The molecule has 1 aliphatic carbocycles. The summed E-state index contributed by atoms with van der Waals surface area (Å²) in [7, 11) is 1.74. The molecule has 1 aromatic rings. The quantitative estimate of drug-likeness (QED) is 0.800. The summed E-state index contributed by atoms with van der Waals surface area (Å²) in [5, 5.41) is 3.26. The molecule has 0 amide bonds. The van der Waals surface area contributed by atoms with Crippen LogP contribution in [-0.4, -0.2) is 40.8 Å². The van der Waals surface area contributed by atoms with Crippen LogP contribution in [0.4, 0.5) is 11.9 Å². The van der Waals surface area contributed by atoms with E-state index in [0.29, 0.717) is 24.7 Å². The van der Waals surface area contributed by atoms with Gasteiger partial charge in [0.05, 0.1) is 12.7 Å². The highest BCUT2D eigenvalue weighted by atomic mass is 16.5. The first-order valence-corrected chi connectivity index (χ1v) is 6.65. The first-order chi connectivity index (χ1) is 9.21. The fourth-order valence-electron chi connectivity index (χ4n) is 2.16. The summed E-state index contributed by atoms with van der Waals surface area (Å²) >= 11 is 0. The lowest BCUT2D eigenvalue weighted by atomic mass is 10.2. The van der Waals surface area contributed by atoms with Gasteiger partial charge in [0.2, 0.25) is 11.9 Å². The molecular weight excluding hydrogens is 246 g/mol. The molecule has 2 rings (SSSR count). The first kappa shape index (κ1) is 13.8. The maximum atomic E-state index is 5.65. The molecule has 2 unspecified atom stereocenters. The van der Waals surface area contributed by atoms with Crippen molar-refractivity contribution in [2.75, 3.05) is 24.8 Å². The number of rotatable bonds is 6. The fourth-order valence-corrected chi connectivity index (χ4v) is 2.16. The topological polar surface area (TPSA) is 95.2 Å². The van der Waals surface area contributed by atoms with Crippen LogP contribution in [0, 0.1) is 0 Å². The molecular formula is C12H21N5O2. The molecule has 0 aliphatic heterocycles. The average molecular weight is 267 g/mol. The molecule has 1 heterocycles. The summed E-state index contributed by atoms with van der Waals surface area (Å²) in [5.41, 5.74) is 5.65. The molecule has 0 saturated heterocycles. The third-order valence-electron chi connectivity index (χ3n) is 3.12. The highest BCUT2D eigenvalue weighted by molar-refractivity contribution is 5.33. The Balaban J connectivity index is 1.97. The molecule has 0 aromatic carbocycles. The molecule has 1 saturated carbocycles. The van der Waals surface area contributed by atoms with Crippen molar-refractivity contribution in [2.45, 2.75) is 44.8 Å². The third-order valence-corrected chi connectivity index (χ3v) is 3.12. The first-order valence-electron chi connectivity index (χ1n) is 6.65. The Morgan fingerprint density at radius 1 is 1.32 bits per heavy atom. The maximum absolute atomic E-state index is 5.65. The van der Waals surface area contributed by atoms with Gasteiger partial charge < -0.3 is 20.5 Å². The van der Waals surface area contributed by atoms with Gasteiger partial charge in [-0.05, 0) is 25.7 Å². The predicted molar refractivity (Wildman–Crippen MR) is 72.1 cm³/mol. The number of methoxy groups -OCH3 is 1. The molecule has 1 fully saturated rings. The Morgan fingerprint density at radius 3 is 2.84 bits per heavy atom. The van der Waals surface area contributed by atoms with Crippen LogP contribution in [0.3, 0.4) is 0 Å². The van der Waals surface area contributed by atoms with E-state index in [9.17, 15) is 0 Å². The Kier molecular flexibility index (Phi) is 4.73. The van der Waals surface area contributed by atoms with Crippen molar-refractivity contribution in [2.24, 2.45) is 0 Å². The Bertz CT molecular complexity index is 415. The number of nitrogen functional groups attached to an aromatic ring is 1. The van der Waals surface area contributed by atoms with E-state index in [0.717, 1.165) is 25.7 Å². The maximum Gasteiger partial charge on any atom is 0.323 e. The Hall–Kier alpha value is -1.63. The molecule has 1 aliphatic rings. The lowest BCUT2D eigenvalue weighted by Crippen LogP contribution is -2.20. The van der Waals surface area contributed by atoms with E-state index in [1.54, 1.807) is 7.11 Å². The zero-order chi connectivity index (χ0) is 13.7. The SMILES string of the molecule is CCCOc1nc(N)nc(NC2CCC(OC)C2)n1. The van der Waals surface area contributed by atoms with Crippen molar-refractivity contribution in [1.82, 2.24) is 15.0 Å². The van der Waals surface area contributed by atoms with Crippen molar-refractivity contribution in [1.29, 1.82) is 0 Å². The summed E-state index contributed by atoms with van der Waals surface area (Å²) in [6, 6.07) is 0.587. The average Bonchev–Trinajstić information content (AvgIpc) is 2.83. The third kappa shape index (κ3) is 3.92. The number of hydrogen-bond acceptors (Lipinski definition) is 7. The zero-order valence-electron chi connectivity index (χ0n) is 11.4. The van der Waals surface area contributed by atoms with E-state index < -0.39 is 0 Å². The van der Waals surface area contributed by atoms with E-state index in [2.05, 4.69) is 20.3 Å². The smallest absolute Gasteiger partial charge is 0.323 e. The summed E-state index contributed by atoms with van der Waals surface area (Å²) in [5.74, 6) is 0.644. The lowest BCUT2D eigenvalue weighted by molar-refractivity contribution is 0.108. The summed E-state index contributed by atoms with van der Waals surface area (Å²) < 4.78 is 10.7. The minimum atomic E-state index is 0.171. The van der Waals surface area contributed by atoms with Crippen LogP contribution in [-0.2, 0) is 4.74 Å². The Morgan fingerprint density at radius 2 is 2.16 bits per heavy atom. The van der Waals surface area contributed by atoms with Crippen molar-refractivity contribution < 1.29 is 9.47 Å². The highest BCUT2D eigenvalue weighted by Crippen LogP contribution is 2.24. The summed E-state index contributed by atoms with van der Waals surface area (Å²) in [6.45, 7) is 2.59. The van der Waals surface area contributed by atoms with E-state index in [4.69, 9.17) is 15.2 Å². The van der Waals surface area contributed by atoms with Gasteiger partial charge in [0.1, 0.15) is 0 Å². The largest absolute Gasteiger partial charge is 0.463 e. The second-order valence-corrected chi connectivity index (χ2v) is 4.66. The molecule has 7 heteroatoms. The van der Waals surface area contributed by atoms with Gasteiger partial charge in [-0.25, -0.2) is 0 Å².